The first-order valence-corrected chi connectivity index (χ1v) is 12.3. The molecule has 0 aliphatic rings. The summed E-state index contributed by atoms with van der Waals surface area (Å²) in [7, 11) is 0. The maximum atomic E-state index is 13.5. The lowest BCUT2D eigenvalue weighted by molar-refractivity contribution is -0.115. The van der Waals surface area contributed by atoms with Gasteiger partial charge in [0.2, 0.25) is 5.91 Å². The van der Waals surface area contributed by atoms with Crippen molar-refractivity contribution in [3.8, 4) is 11.1 Å². The second kappa shape index (κ2) is 11.0. The number of rotatable bonds is 8. The molecular formula is C27H23NO3S2. The van der Waals surface area contributed by atoms with Crippen LogP contribution in [0.1, 0.15) is 28.1 Å². The topological polar surface area (TPSA) is 55.4 Å². The van der Waals surface area contributed by atoms with E-state index in [1.54, 1.807) is 6.92 Å². The van der Waals surface area contributed by atoms with E-state index in [1.807, 2.05) is 96.4 Å². The number of esters is 1. The van der Waals surface area contributed by atoms with Crippen molar-refractivity contribution < 1.29 is 14.3 Å². The van der Waals surface area contributed by atoms with Crippen molar-refractivity contribution in [3.05, 3.63) is 108 Å². The van der Waals surface area contributed by atoms with Gasteiger partial charge in [-0.25, -0.2) is 4.79 Å². The average Bonchev–Trinajstić information content (AvgIpc) is 3.28. The average molecular weight is 474 g/mol. The Kier molecular flexibility index (Phi) is 7.60. The van der Waals surface area contributed by atoms with Gasteiger partial charge in [0.25, 0.3) is 0 Å². The number of carbonyl (C=O) groups is 2. The first-order valence-electron chi connectivity index (χ1n) is 10.6. The fraction of sp³-hybridized carbons (Fsp3) is 0.111. The van der Waals surface area contributed by atoms with E-state index in [1.165, 1.54) is 23.1 Å². The fourth-order valence-corrected chi connectivity index (χ4v) is 5.41. The van der Waals surface area contributed by atoms with Gasteiger partial charge >= 0.3 is 5.97 Å². The minimum atomic E-state index is -0.481. The van der Waals surface area contributed by atoms with Crippen LogP contribution >= 0.6 is 23.1 Å². The number of benzene rings is 3. The van der Waals surface area contributed by atoms with E-state index in [-0.39, 0.29) is 12.5 Å². The van der Waals surface area contributed by atoms with Gasteiger partial charge in [0.05, 0.1) is 6.61 Å². The molecule has 4 rings (SSSR count). The number of ether oxygens (including phenoxy) is 1. The molecule has 0 aliphatic carbocycles. The van der Waals surface area contributed by atoms with Crippen LogP contribution in [0.25, 0.3) is 11.1 Å². The normalized spacial score (nSPS) is 11.5. The van der Waals surface area contributed by atoms with Crippen LogP contribution in [0.4, 0.5) is 5.00 Å². The second-order valence-electron chi connectivity index (χ2n) is 7.15. The Bertz CT molecular complexity index is 1210. The predicted octanol–water partition coefficient (Wildman–Crippen LogP) is 7.06. The largest absolute Gasteiger partial charge is 0.462 e. The van der Waals surface area contributed by atoms with E-state index in [4.69, 9.17) is 4.74 Å². The molecule has 1 amide bonds. The number of thiophene rings is 1. The summed E-state index contributed by atoms with van der Waals surface area (Å²) in [6.07, 6.45) is 0. The summed E-state index contributed by atoms with van der Waals surface area (Å²) in [4.78, 5) is 27.4. The van der Waals surface area contributed by atoms with Crippen molar-refractivity contribution in [2.24, 2.45) is 0 Å². The van der Waals surface area contributed by atoms with Crippen LogP contribution in [0.3, 0.4) is 0 Å². The molecule has 33 heavy (non-hydrogen) atoms. The maximum absolute atomic E-state index is 13.5. The molecule has 0 bridgehead atoms. The third-order valence-corrected chi connectivity index (χ3v) is 7.09. The van der Waals surface area contributed by atoms with E-state index in [9.17, 15) is 9.59 Å². The first kappa shape index (κ1) is 22.8. The highest BCUT2D eigenvalue weighted by Crippen LogP contribution is 2.40. The number of hydrogen-bond acceptors (Lipinski definition) is 5. The molecule has 3 aromatic carbocycles. The summed E-state index contributed by atoms with van der Waals surface area (Å²) in [5, 5.41) is 4.92. The standard InChI is InChI=1S/C27H23NO3S2/c1-2-31-27(30)23-22(19-12-6-3-7-13-19)18-32-26(23)28-25(29)24(20-14-8-4-9-15-20)33-21-16-10-5-11-17-21/h3-18,24H,2H2,1H3,(H,28,29)/t24-/m0/s1. The monoisotopic (exact) mass is 473 g/mol. The summed E-state index contributed by atoms with van der Waals surface area (Å²) in [5.74, 6) is -0.637. The van der Waals surface area contributed by atoms with Crippen LogP contribution in [0.2, 0.25) is 0 Å². The smallest absolute Gasteiger partial charge is 0.341 e. The molecule has 4 nitrogen and oxygen atoms in total. The molecule has 0 radical (unpaired) electrons. The van der Waals surface area contributed by atoms with Crippen LogP contribution in [-0.2, 0) is 9.53 Å². The van der Waals surface area contributed by atoms with Gasteiger partial charge in [-0.3, -0.25) is 4.79 Å². The summed E-state index contributed by atoms with van der Waals surface area (Å²) < 4.78 is 5.32. The van der Waals surface area contributed by atoms with Gasteiger partial charge in [-0.05, 0) is 30.2 Å². The van der Waals surface area contributed by atoms with Gasteiger partial charge in [-0.15, -0.1) is 23.1 Å². The lowest BCUT2D eigenvalue weighted by Crippen LogP contribution is -2.20. The van der Waals surface area contributed by atoms with E-state index in [0.717, 1.165) is 21.6 Å². The number of thioether (sulfide) groups is 1. The molecule has 1 N–H and O–H groups in total. The Balaban J connectivity index is 1.68. The van der Waals surface area contributed by atoms with Gasteiger partial charge in [0.1, 0.15) is 15.8 Å². The third-order valence-electron chi connectivity index (χ3n) is 4.93. The Morgan fingerprint density at radius 3 is 2.15 bits per heavy atom. The minimum absolute atomic E-state index is 0.193. The zero-order chi connectivity index (χ0) is 23.0. The molecule has 0 fully saturated rings. The zero-order valence-corrected chi connectivity index (χ0v) is 19.7. The van der Waals surface area contributed by atoms with Crippen LogP contribution in [-0.4, -0.2) is 18.5 Å². The molecule has 0 spiro atoms. The Hall–Kier alpha value is -3.35. The lowest BCUT2D eigenvalue weighted by atomic mass is 10.0. The van der Waals surface area contributed by atoms with Crippen LogP contribution in [0, 0.1) is 0 Å². The van der Waals surface area contributed by atoms with E-state index < -0.39 is 11.2 Å². The highest BCUT2D eigenvalue weighted by Gasteiger charge is 2.27. The van der Waals surface area contributed by atoms with E-state index in [2.05, 4.69) is 5.32 Å². The van der Waals surface area contributed by atoms with Crippen molar-refractivity contribution in [2.45, 2.75) is 17.1 Å². The van der Waals surface area contributed by atoms with Gasteiger partial charge < -0.3 is 10.1 Å². The molecule has 4 aromatic rings. The Morgan fingerprint density at radius 2 is 1.52 bits per heavy atom. The fourth-order valence-electron chi connectivity index (χ4n) is 3.40. The van der Waals surface area contributed by atoms with Crippen molar-refractivity contribution >= 4 is 40.0 Å². The number of amides is 1. The molecule has 1 atom stereocenters. The maximum Gasteiger partial charge on any atom is 0.341 e. The highest BCUT2D eigenvalue weighted by atomic mass is 32.2. The second-order valence-corrected chi connectivity index (χ2v) is 9.21. The number of carbonyl (C=O) groups excluding carboxylic acids is 2. The Morgan fingerprint density at radius 1 is 0.909 bits per heavy atom. The molecule has 1 heterocycles. The molecule has 0 aliphatic heterocycles. The SMILES string of the molecule is CCOC(=O)c1c(-c2ccccc2)csc1NC(=O)[C@@H](Sc1ccccc1)c1ccccc1. The zero-order valence-electron chi connectivity index (χ0n) is 18.1. The van der Waals surface area contributed by atoms with Crippen LogP contribution < -0.4 is 5.32 Å². The van der Waals surface area contributed by atoms with Crippen molar-refractivity contribution in [1.29, 1.82) is 0 Å². The van der Waals surface area contributed by atoms with Crippen molar-refractivity contribution in [2.75, 3.05) is 11.9 Å². The lowest BCUT2D eigenvalue weighted by Gasteiger charge is -2.17. The quantitative estimate of drug-likeness (QED) is 0.220. The molecule has 1 aromatic heterocycles. The van der Waals surface area contributed by atoms with Crippen LogP contribution in [0.15, 0.2) is 101 Å². The summed E-state index contributed by atoms with van der Waals surface area (Å²) in [6.45, 7) is 2.03. The number of hydrogen-bond donors (Lipinski definition) is 1. The molecule has 0 saturated carbocycles. The molecule has 0 unspecified atom stereocenters. The van der Waals surface area contributed by atoms with Gasteiger partial charge in [-0.2, -0.15) is 0 Å². The molecule has 6 heteroatoms. The molecule has 166 valence electrons. The number of nitrogens with one attached hydrogen (secondary N) is 1. The van der Waals surface area contributed by atoms with Gasteiger partial charge in [0.15, 0.2) is 0 Å². The third kappa shape index (κ3) is 5.53. The Labute approximate surface area is 201 Å². The highest BCUT2D eigenvalue weighted by molar-refractivity contribution is 8.00. The van der Waals surface area contributed by atoms with Crippen molar-refractivity contribution in [3.63, 3.8) is 0 Å². The first-order chi connectivity index (χ1) is 16.2. The van der Waals surface area contributed by atoms with Crippen LogP contribution in [0.5, 0.6) is 0 Å². The van der Waals surface area contributed by atoms with Crippen molar-refractivity contribution in [1.82, 2.24) is 0 Å². The van der Waals surface area contributed by atoms with E-state index >= 15 is 0 Å². The summed E-state index contributed by atoms with van der Waals surface area (Å²) in [5.41, 5.74) is 2.93. The van der Waals surface area contributed by atoms with Gasteiger partial charge in [-0.1, -0.05) is 78.9 Å². The molecule has 0 saturated heterocycles. The minimum Gasteiger partial charge on any atom is -0.462 e. The predicted molar refractivity (Wildman–Crippen MR) is 136 cm³/mol. The molecular weight excluding hydrogens is 450 g/mol. The van der Waals surface area contributed by atoms with Gasteiger partial charge in [0, 0.05) is 15.8 Å². The summed E-state index contributed by atoms with van der Waals surface area (Å²) in [6, 6.07) is 29.1. The van der Waals surface area contributed by atoms with E-state index in [0.29, 0.717) is 10.6 Å². The summed E-state index contributed by atoms with van der Waals surface area (Å²) >= 11 is 2.80. The number of anilines is 1.